The van der Waals surface area contributed by atoms with Gasteiger partial charge in [0.25, 0.3) is 0 Å². The molecule has 3 atom stereocenters. The Hall–Kier alpha value is -0.880. The van der Waals surface area contributed by atoms with Gasteiger partial charge in [-0.15, -0.1) is 15.2 Å². The maximum Gasteiger partial charge on any atom is 0.330 e. The summed E-state index contributed by atoms with van der Waals surface area (Å²) < 4.78 is 5.43. The summed E-state index contributed by atoms with van der Waals surface area (Å²) in [7, 11) is 0.872. The summed E-state index contributed by atoms with van der Waals surface area (Å²) in [6, 6.07) is 0. The maximum atomic E-state index is 11.4. The van der Waals surface area contributed by atoms with E-state index in [9.17, 15) is 4.79 Å². The summed E-state index contributed by atoms with van der Waals surface area (Å²) >= 11 is 0. The zero-order valence-corrected chi connectivity index (χ0v) is 14.3. The van der Waals surface area contributed by atoms with Gasteiger partial charge in [-0.05, 0) is 51.6 Å². The van der Waals surface area contributed by atoms with E-state index in [1.54, 1.807) is 0 Å². The second-order valence-electron chi connectivity index (χ2n) is 5.63. The van der Waals surface area contributed by atoms with Gasteiger partial charge < -0.3 is 4.74 Å². The Morgan fingerprint density at radius 2 is 2.05 bits per heavy atom. The van der Waals surface area contributed by atoms with E-state index >= 15 is 0 Å². The first kappa shape index (κ1) is 19.1. The zero-order chi connectivity index (χ0) is 15.6. The lowest BCUT2D eigenvalue weighted by Gasteiger charge is -2.33. The summed E-state index contributed by atoms with van der Waals surface area (Å²) in [6.07, 6.45) is 8.63. The van der Waals surface area contributed by atoms with E-state index < -0.39 is 5.60 Å². The summed E-state index contributed by atoms with van der Waals surface area (Å²) in [4.78, 5) is 11.4. The molecule has 0 aliphatic carbocycles. The van der Waals surface area contributed by atoms with E-state index in [2.05, 4.69) is 38.6 Å². The van der Waals surface area contributed by atoms with Crippen LogP contribution >= 0.6 is 8.58 Å². The highest BCUT2D eigenvalue weighted by atomic mass is 31.1. The van der Waals surface area contributed by atoms with Crippen molar-refractivity contribution in [1.29, 1.82) is 0 Å². The summed E-state index contributed by atoms with van der Waals surface area (Å²) in [5, 5.41) is 0. The number of esters is 1. The van der Waals surface area contributed by atoms with Gasteiger partial charge in [-0.2, -0.15) is 0 Å². The van der Waals surface area contributed by atoms with Gasteiger partial charge in [0.1, 0.15) is 5.60 Å². The lowest BCUT2D eigenvalue weighted by atomic mass is 9.83. The quantitative estimate of drug-likeness (QED) is 0.247. The molecule has 0 aromatic heterocycles. The SMILES string of the molecule is C=CC(=O)OC(C)(C)C(C)CC(C=C)CC/C=C/PC. The van der Waals surface area contributed by atoms with E-state index in [0.717, 1.165) is 27.8 Å². The highest BCUT2D eigenvalue weighted by molar-refractivity contribution is 7.40. The Balaban J connectivity index is 4.41. The van der Waals surface area contributed by atoms with Crippen LogP contribution in [-0.2, 0) is 9.53 Å². The van der Waals surface area contributed by atoms with Crippen molar-refractivity contribution in [2.45, 2.75) is 45.6 Å². The molecule has 0 amide bonds. The van der Waals surface area contributed by atoms with Crippen LogP contribution in [0.15, 0.2) is 37.2 Å². The molecule has 20 heavy (non-hydrogen) atoms. The van der Waals surface area contributed by atoms with Crippen LogP contribution in [-0.4, -0.2) is 18.2 Å². The van der Waals surface area contributed by atoms with Crippen LogP contribution in [0.1, 0.15) is 40.0 Å². The van der Waals surface area contributed by atoms with Crippen molar-refractivity contribution in [3.8, 4) is 0 Å². The fourth-order valence-electron chi connectivity index (χ4n) is 1.98. The van der Waals surface area contributed by atoms with Gasteiger partial charge in [-0.1, -0.05) is 31.5 Å². The first-order valence-electron chi connectivity index (χ1n) is 7.17. The molecule has 2 nitrogen and oxygen atoms in total. The standard InChI is InChI=1S/C17H29O2P/c1-7-15(11-9-10-12-20-6)13-14(3)17(4,5)19-16(18)8-2/h7-8,10,12,14-15,20H,1-2,9,11,13H2,3-6H3/b12-10+. The number of ether oxygens (including phenoxy) is 1. The summed E-state index contributed by atoms with van der Waals surface area (Å²) in [6.45, 7) is 15.6. The molecule has 114 valence electrons. The minimum Gasteiger partial charge on any atom is -0.456 e. The molecule has 0 heterocycles. The van der Waals surface area contributed by atoms with E-state index in [1.807, 2.05) is 19.9 Å². The third-order valence-corrected chi connectivity index (χ3v) is 4.26. The number of carbonyl (C=O) groups excluding carboxylic acids is 1. The molecule has 0 bridgehead atoms. The topological polar surface area (TPSA) is 26.3 Å². The Kier molecular flexibility index (Phi) is 9.50. The number of hydrogen-bond acceptors (Lipinski definition) is 2. The average molecular weight is 296 g/mol. The molecule has 0 aromatic rings. The van der Waals surface area contributed by atoms with Gasteiger partial charge in [0, 0.05) is 6.08 Å². The van der Waals surface area contributed by atoms with E-state index in [4.69, 9.17) is 4.74 Å². The van der Waals surface area contributed by atoms with Crippen molar-refractivity contribution in [2.75, 3.05) is 6.66 Å². The van der Waals surface area contributed by atoms with E-state index in [0.29, 0.717) is 5.92 Å². The molecule has 0 rings (SSSR count). The van der Waals surface area contributed by atoms with E-state index in [-0.39, 0.29) is 11.9 Å². The van der Waals surface area contributed by atoms with Crippen molar-refractivity contribution in [1.82, 2.24) is 0 Å². The average Bonchev–Trinajstić information content (AvgIpc) is 2.41. The second kappa shape index (κ2) is 9.94. The van der Waals surface area contributed by atoms with Crippen molar-refractivity contribution in [2.24, 2.45) is 11.8 Å². The van der Waals surface area contributed by atoms with Gasteiger partial charge in [0.05, 0.1) is 0 Å². The van der Waals surface area contributed by atoms with Crippen LogP contribution in [0.25, 0.3) is 0 Å². The van der Waals surface area contributed by atoms with Crippen LogP contribution < -0.4 is 0 Å². The van der Waals surface area contributed by atoms with Crippen molar-refractivity contribution in [3.05, 3.63) is 37.2 Å². The first-order chi connectivity index (χ1) is 9.37. The monoisotopic (exact) mass is 296 g/mol. The summed E-state index contributed by atoms with van der Waals surface area (Å²) in [5.41, 5.74) is -0.479. The minimum atomic E-state index is -0.479. The third kappa shape index (κ3) is 7.65. The Bertz CT molecular complexity index is 345. The van der Waals surface area contributed by atoms with Crippen LogP contribution in [0.5, 0.6) is 0 Å². The number of hydrogen-bond donors (Lipinski definition) is 0. The molecule has 0 aliphatic rings. The van der Waals surface area contributed by atoms with Crippen LogP contribution in [0.4, 0.5) is 0 Å². The van der Waals surface area contributed by atoms with Crippen molar-refractivity contribution in [3.63, 3.8) is 0 Å². The molecular weight excluding hydrogens is 267 g/mol. The van der Waals surface area contributed by atoms with E-state index in [1.165, 1.54) is 6.08 Å². The fourth-order valence-corrected chi connectivity index (χ4v) is 2.39. The second-order valence-corrected chi connectivity index (χ2v) is 6.54. The molecule has 0 saturated heterocycles. The molecule has 0 aromatic carbocycles. The predicted molar refractivity (Wildman–Crippen MR) is 90.4 cm³/mol. The summed E-state index contributed by atoms with van der Waals surface area (Å²) in [5.74, 6) is 2.59. The number of rotatable bonds is 10. The minimum absolute atomic E-state index is 0.270. The van der Waals surface area contributed by atoms with Gasteiger partial charge >= 0.3 is 5.97 Å². The molecule has 0 radical (unpaired) electrons. The normalized spacial score (nSPS) is 15.4. The molecule has 3 unspecified atom stereocenters. The van der Waals surface area contributed by atoms with Gasteiger partial charge in [0.15, 0.2) is 0 Å². The lowest BCUT2D eigenvalue weighted by molar-refractivity contribution is -0.155. The molecule has 0 fully saturated rings. The molecule has 3 heteroatoms. The highest BCUT2D eigenvalue weighted by Crippen LogP contribution is 2.29. The smallest absolute Gasteiger partial charge is 0.330 e. The molecular formula is C17H29O2P. The molecule has 0 saturated carbocycles. The van der Waals surface area contributed by atoms with Crippen molar-refractivity contribution >= 4 is 14.6 Å². The van der Waals surface area contributed by atoms with Gasteiger partial charge in [-0.25, -0.2) is 4.79 Å². The highest BCUT2D eigenvalue weighted by Gasteiger charge is 2.30. The first-order valence-corrected chi connectivity index (χ1v) is 8.75. The van der Waals surface area contributed by atoms with Crippen LogP contribution in [0.2, 0.25) is 0 Å². The molecule has 0 aliphatic heterocycles. The van der Waals surface area contributed by atoms with Crippen LogP contribution in [0.3, 0.4) is 0 Å². The van der Waals surface area contributed by atoms with Crippen LogP contribution in [0, 0.1) is 11.8 Å². The third-order valence-electron chi connectivity index (χ3n) is 3.70. The largest absolute Gasteiger partial charge is 0.456 e. The zero-order valence-electron chi connectivity index (χ0n) is 13.3. The Morgan fingerprint density at radius 3 is 2.55 bits per heavy atom. The van der Waals surface area contributed by atoms with Gasteiger partial charge in [-0.3, -0.25) is 0 Å². The number of allylic oxidation sites excluding steroid dienone is 2. The van der Waals surface area contributed by atoms with Crippen molar-refractivity contribution < 1.29 is 9.53 Å². The fraction of sp³-hybridized carbons (Fsp3) is 0.588. The predicted octanol–water partition coefficient (Wildman–Crippen LogP) is 4.92. The maximum absolute atomic E-state index is 11.4. The Morgan fingerprint density at radius 1 is 1.40 bits per heavy atom. The lowest BCUT2D eigenvalue weighted by Crippen LogP contribution is -2.35. The van der Waals surface area contributed by atoms with Gasteiger partial charge in [0.2, 0.25) is 0 Å². The number of carbonyl (C=O) groups is 1. The molecule has 0 spiro atoms. The molecule has 0 N–H and O–H groups in total. The Labute approximate surface area is 126 Å².